The van der Waals surface area contributed by atoms with Gasteiger partial charge in [-0.25, -0.2) is 0 Å². The minimum absolute atomic E-state index is 0. The van der Waals surface area contributed by atoms with E-state index in [1.54, 1.807) is 0 Å². The van der Waals surface area contributed by atoms with Crippen LogP contribution in [0.3, 0.4) is 0 Å². The molecule has 0 saturated carbocycles. The Balaban J connectivity index is -0.00000180. The number of carbonyl (C=O) groups is 2. The van der Waals surface area contributed by atoms with E-state index in [2.05, 4.69) is 15.3 Å². The number of hydrogen-bond acceptors (Lipinski definition) is 5. The number of carbonyl (C=O) groups excluding carboxylic acids is 2. The molecule has 21 heavy (non-hydrogen) atoms. The average Bonchev–Trinajstić information content (AvgIpc) is 2.43. The molecule has 0 aliphatic heterocycles. The van der Waals surface area contributed by atoms with Crippen molar-refractivity contribution in [1.29, 1.82) is 0 Å². The molecule has 0 amide bonds. The molecule has 0 bridgehead atoms. The molecule has 0 saturated heterocycles. The van der Waals surface area contributed by atoms with Gasteiger partial charge in [0, 0.05) is 6.42 Å². The molecular weight excluding hydrogens is 303 g/mol. The topological polar surface area (TPSA) is 69.7 Å². The summed E-state index contributed by atoms with van der Waals surface area (Å²) in [7, 11) is 0. The Labute approximate surface area is 154 Å². The van der Waals surface area contributed by atoms with Gasteiger partial charge in [0.15, 0.2) is 0 Å². The van der Waals surface area contributed by atoms with Crippen LogP contribution >= 0.6 is 0 Å². The van der Waals surface area contributed by atoms with Crippen LogP contribution in [-0.2, 0) is 29.3 Å². The molecule has 0 radical (unpaired) electrons. The number of aldehydes is 1. The van der Waals surface area contributed by atoms with Gasteiger partial charge in [-0.1, -0.05) is 58.3 Å². The molecule has 0 rings (SSSR count). The predicted octanol–water partition coefficient (Wildman–Crippen LogP) is 0.361. The van der Waals surface area contributed by atoms with Crippen molar-refractivity contribution < 1.29 is 53.1 Å². The zero-order chi connectivity index (χ0) is 15.1. The maximum absolute atomic E-state index is 11.2. The first-order valence-corrected chi connectivity index (χ1v) is 8.40. The summed E-state index contributed by atoms with van der Waals surface area (Å²) in [5, 5.41) is 0. The summed E-state index contributed by atoms with van der Waals surface area (Å²) < 4.78 is 19.9. The fraction of sp³-hybridized carbons (Fsp3) is 0.857. The van der Waals surface area contributed by atoms with Crippen LogP contribution in [0.1, 0.15) is 72.6 Å². The summed E-state index contributed by atoms with van der Waals surface area (Å²) in [5.74, 6) is -0.544. The first kappa shape index (κ1) is 23.5. The van der Waals surface area contributed by atoms with E-state index >= 15 is 0 Å². The van der Waals surface area contributed by atoms with Gasteiger partial charge in [0.1, 0.15) is 12.9 Å². The second-order valence-electron chi connectivity index (χ2n) is 4.69. The zero-order valence-electron chi connectivity index (χ0n) is 14.3. The quantitative estimate of drug-likeness (QED) is 0.261. The Morgan fingerprint density at radius 2 is 1.57 bits per heavy atom. The molecule has 1 atom stereocenters. The van der Waals surface area contributed by atoms with Crippen molar-refractivity contribution in [3.8, 4) is 0 Å². The maximum atomic E-state index is 11.2. The minimum Gasteiger partial charge on any atom is -1.00 e. The summed E-state index contributed by atoms with van der Waals surface area (Å²) in [6, 6.07) is 0. The van der Waals surface area contributed by atoms with Crippen molar-refractivity contribution in [3.05, 3.63) is 0 Å². The van der Waals surface area contributed by atoms with Crippen LogP contribution in [0, 0.1) is 0 Å². The molecule has 1 unspecified atom stereocenters. The molecule has 0 aliphatic carbocycles. The van der Waals surface area contributed by atoms with Crippen molar-refractivity contribution >= 4 is 23.6 Å². The Kier molecular flexibility index (Phi) is 20.5. The molecule has 0 N–H and O–H groups in total. The van der Waals surface area contributed by atoms with Gasteiger partial charge in [-0.15, -0.1) is 0 Å². The largest absolute Gasteiger partial charge is 1.00 e. The van der Waals surface area contributed by atoms with Gasteiger partial charge >= 0.3 is 46.9 Å². The van der Waals surface area contributed by atoms with E-state index in [-0.39, 0.29) is 44.0 Å². The molecule has 0 fully saturated rings. The van der Waals surface area contributed by atoms with E-state index in [1.807, 2.05) is 0 Å². The van der Waals surface area contributed by atoms with Crippen molar-refractivity contribution in [2.75, 3.05) is 6.61 Å². The third kappa shape index (κ3) is 18.2. The fourth-order valence-corrected chi connectivity index (χ4v) is 2.25. The SMILES string of the molecule is CCCCCCCCCCCC(=O)OS(=O)OCC=O.[H-].[Na+]. The van der Waals surface area contributed by atoms with Crippen LogP contribution < -0.4 is 29.6 Å². The number of rotatable bonds is 14. The van der Waals surface area contributed by atoms with Crippen molar-refractivity contribution in [3.63, 3.8) is 0 Å². The predicted molar refractivity (Wildman–Crippen MR) is 79.2 cm³/mol. The molecule has 0 aromatic heterocycles. The first-order chi connectivity index (χ1) is 9.70. The second-order valence-corrected chi connectivity index (χ2v) is 5.50. The van der Waals surface area contributed by atoms with Gasteiger partial charge in [0.2, 0.25) is 0 Å². The Hall–Kier alpha value is 0.250. The molecule has 0 spiro atoms. The summed E-state index contributed by atoms with van der Waals surface area (Å²) in [5.41, 5.74) is 0. The molecule has 120 valence electrons. The third-order valence-corrected chi connectivity index (χ3v) is 3.53. The standard InChI is InChI=1S/C14H26O5S.Na.H/c1-2-3-4-5-6-7-8-9-10-11-14(16)19-20(17)18-13-12-15;;/h12H,2-11,13H2,1H3;;/q;+1;-1. The monoisotopic (exact) mass is 330 g/mol. The number of unbranched alkanes of at least 4 members (excludes halogenated alkanes) is 8. The molecule has 0 aromatic rings. The normalized spacial score (nSPS) is 11.5. The average molecular weight is 330 g/mol. The van der Waals surface area contributed by atoms with E-state index in [9.17, 15) is 13.8 Å². The molecule has 0 aliphatic rings. The summed E-state index contributed by atoms with van der Waals surface area (Å²) in [6.07, 6.45) is 11.2. The van der Waals surface area contributed by atoms with Gasteiger partial charge in [-0.2, -0.15) is 4.21 Å². The third-order valence-electron chi connectivity index (χ3n) is 2.88. The van der Waals surface area contributed by atoms with Crippen LogP contribution in [0.25, 0.3) is 0 Å². The first-order valence-electron chi connectivity index (χ1n) is 7.40. The van der Waals surface area contributed by atoms with Crippen molar-refractivity contribution in [1.82, 2.24) is 0 Å². The summed E-state index contributed by atoms with van der Waals surface area (Å²) in [6.45, 7) is 1.87. The van der Waals surface area contributed by atoms with Crippen molar-refractivity contribution in [2.45, 2.75) is 71.1 Å². The van der Waals surface area contributed by atoms with E-state index in [4.69, 9.17) is 0 Å². The van der Waals surface area contributed by atoms with E-state index in [0.717, 1.165) is 19.3 Å². The van der Waals surface area contributed by atoms with Gasteiger partial charge in [0.25, 0.3) is 0 Å². The summed E-state index contributed by atoms with van der Waals surface area (Å²) >= 11 is -2.14. The minimum atomic E-state index is -2.14. The summed E-state index contributed by atoms with van der Waals surface area (Å²) in [4.78, 5) is 21.2. The molecular formula is C14H27NaO5S. The van der Waals surface area contributed by atoms with E-state index in [1.165, 1.54) is 38.5 Å². The Bertz CT molecular complexity index is 292. The molecule has 5 nitrogen and oxygen atoms in total. The van der Waals surface area contributed by atoms with Gasteiger partial charge in [-0.05, 0) is 6.42 Å². The van der Waals surface area contributed by atoms with Crippen LogP contribution in [0.15, 0.2) is 0 Å². The van der Waals surface area contributed by atoms with Gasteiger partial charge < -0.3 is 10.4 Å². The van der Waals surface area contributed by atoms with Gasteiger partial charge in [-0.3, -0.25) is 8.98 Å². The Morgan fingerprint density at radius 3 is 2.10 bits per heavy atom. The van der Waals surface area contributed by atoms with Crippen LogP contribution in [0.5, 0.6) is 0 Å². The smallest absolute Gasteiger partial charge is 1.00 e. The van der Waals surface area contributed by atoms with Crippen LogP contribution in [-0.4, -0.2) is 23.1 Å². The number of hydrogen-bond donors (Lipinski definition) is 0. The zero-order valence-corrected chi connectivity index (χ0v) is 16.1. The second kappa shape index (κ2) is 18.3. The molecule has 7 heteroatoms. The Morgan fingerprint density at radius 1 is 1.05 bits per heavy atom. The molecule has 0 heterocycles. The maximum Gasteiger partial charge on any atom is 1.00 e. The fourth-order valence-electron chi connectivity index (χ4n) is 1.80. The molecule has 0 aromatic carbocycles. The van der Waals surface area contributed by atoms with Crippen LogP contribution in [0.4, 0.5) is 0 Å². The van der Waals surface area contributed by atoms with Crippen molar-refractivity contribution in [2.24, 2.45) is 0 Å². The van der Waals surface area contributed by atoms with E-state index in [0.29, 0.717) is 6.29 Å². The van der Waals surface area contributed by atoms with Gasteiger partial charge in [0.05, 0.1) is 0 Å². The van der Waals surface area contributed by atoms with E-state index < -0.39 is 17.3 Å². The van der Waals surface area contributed by atoms with Crippen LogP contribution in [0.2, 0.25) is 0 Å².